The van der Waals surface area contributed by atoms with E-state index in [2.05, 4.69) is 25.6 Å². The first-order valence-electron chi connectivity index (χ1n) is 12.7. The van der Waals surface area contributed by atoms with Crippen LogP contribution >= 0.6 is 0 Å². The number of pyridine rings is 1. The van der Waals surface area contributed by atoms with Crippen LogP contribution in [0.25, 0.3) is 11.3 Å². The van der Waals surface area contributed by atoms with E-state index in [0.29, 0.717) is 24.5 Å². The third-order valence-corrected chi connectivity index (χ3v) is 6.70. The molecule has 0 spiro atoms. The lowest BCUT2D eigenvalue weighted by molar-refractivity contribution is -0.122. The number of ether oxygens (including phenoxy) is 1. The summed E-state index contributed by atoms with van der Waals surface area (Å²) in [5.41, 5.74) is 0.521. The van der Waals surface area contributed by atoms with E-state index >= 15 is 4.39 Å². The Bertz CT molecular complexity index is 1400. The summed E-state index contributed by atoms with van der Waals surface area (Å²) >= 11 is 0. The molecule has 0 bridgehead atoms. The molecule has 5 rings (SSSR count). The fourth-order valence-corrected chi connectivity index (χ4v) is 4.61. The number of aromatic nitrogens is 3. The molecule has 3 aromatic rings. The predicted molar refractivity (Wildman–Crippen MR) is 140 cm³/mol. The van der Waals surface area contributed by atoms with E-state index in [-0.39, 0.29) is 48.4 Å². The van der Waals surface area contributed by atoms with Gasteiger partial charge >= 0.3 is 0 Å². The topological polar surface area (TPSA) is 113 Å². The molecule has 0 radical (unpaired) electrons. The smallest absolute Gasteiger partial charge is 0.257 e. The number of rotatable bonds is 8. The van der Waals surface area contributed by atoms with E-state index in [4.69, 9.17) is 4.74 Å². The maximum Gasteiger partial charge on any atom is 0.257 e. The summed E-state index contributed by atoms with van der Waals surface area (Å²) in [4.78, 5) is 41.4. The van der Waals surface area contributed by atoms with Gasteiger partial charge in [-0.25, -0.2) is 23.7 Å². The number of benzene rings is 1. The van der Waals surface area contributed by atoms with Crippen LogP contribution in [0.15, 0.2) is 36.5 Å². The second kappa shape index (κ2) is 11.3. The molecule has 2 aliphatic heterocycles. The molecule has 12 heteroatoms. The van der Waals surface area contributed by atoms with Crippen molar-refractivity contribution in [2.24, 2.45) is 0 Å². The maximum atomic E-state index is 15.6. The average molecular weight is 538 g/mol. The summed E-state index contributed by atoms with van der Waals surface area (Å²) in [5, 5.41) is 5.89. The van der Waals surface area contributed by atoms with E-state index in [0.717, 1.165) is 24.9 Å². The van der Waals surface area contributed by atoms with Crippen molar-refractivity contribution in [3.8, 4) is 11.3 Å². The monoisotopic (exact) mass is 537 g/mol. The summed E-state index contributed by atoms with van der Waals surface area (Å²) < 4.78 is 35.7. The van der Waals surface area contributed by atoms with Crippen LogP contribution in [0, 0.1) is 11.6 Å². The minimum Gasteiger partial charge on any atom is -0.381 e. The van der Waals surface area contributed by atoms with Gasteiger partial charge in [-0.1, -0.05) is 12.1 Å². The number of fused-ring (bicyclic) bond motifs is 1. The Morgan fingerprint density at radius 1 is 1.15 bits per heavy atom. The van der Waals surface area contributed by atoms with E-state index in [1.165, 1.54) is 11.0 Å². The Morgan fingerprint density at radius 3 is 2.72 bits per heavy atom. The first kappa shape index (κ1) is 26.4. The van der Waals surface area contributed by atoms with Crippen molar-refractivity contribution in [1.29, 1.82) is 0 Å². The highest BCUT2D eigenvalue weighted by Gasteiger charge is 2.34. The SMILES string of the molecule is CN(C)c1cccc(CNC(=O)CN2Cc3ccc(-c4nc(NC5CCOCC5)ncc4F)c(F)c3C2=O)n1. The highest BCUT2D eigenvalue weighted by molar-refractivity contribution is 6.01. The Morgan fingerprint density at radius 2 is 1.95 bits per heavy atom. The van der Waals surface area contributed by atoms with Gasteiger partial charge in [-0.2, -0.15) is 0 Å². The Balaban J connectivity index is 1.28. The van der Waals surface area contributed by atoms with Crippen molar-refractivity contribution in [3.05, 3.63) is 65.0 Å². The predicted octanol–water partition coefficient (Wildman–Crippen LogP) is 2.75. The number of nitrogens with zero attached hydrogens (tertiary/aromatic N) is 5. The molecule has 1 aromatic carbocycles. The van der Waals surface area contributed by atoms with Crippen molar-refractivity contribution in [2.45, 2.75) is 32.0 Å². The first-order valence-corrected chi connectivity index (χ1v) is 12.7. The molecule has 1 saturated heterocycles. The molecule has 1 fully saturated rings. The van der Waals surface area contributed by atoms with Crippen molar-refractivity contribution in [3.63, 3.8) is 0 Å². The highest BCUT2D eigenvalue weighted by atomic mass is 19.1. The third kappa shape index (κ3) is 5.80. The van der Waals surface area contributed by atoms with Gasteiger partial charge in [0.25, 0.3) is 5.91 Å². The number of hydrogen-bond acceptors (Lipinski definition) is 8. The molecule has 0 unspecified atom stereocenters. The molecule has 10 nitrogen and oxygen atoms in total. The lowest BCUT2D eigenvalue weighted by atomic mass is 10.0. The summed E-state index contributed by atoms with van der Waals surface area (Å²) in [6.45, 7) is 1.20. The van der Waals surface area contributed by atoms with Crippen LogP contribution in [-0.2, 0) is 22.6 Å². The van der Waals surface area contributed by atoms with Crippen LogP contribution in [0.2, 0.25) is 0 Å². The van der Waals surface area contributed by atoms with Gasteiger partial charge in [-0.3, -0.25) is 9.59 Å². The molecule has 0 atom stereocenters. The average Bonchev–Trinajstić information content (AvgIpc) is 3.25. The molecule has 2 aromatic heterocycles. The lowest BCUT2D eigenvalue weighted by Crippen LogP contribution is -2.37. The van der Waals surface area contributed by atoms with Gasteiger partial charge in [0, 0.05) is 45.5 Å². The molecule has 2 N–H and O–H groups in total. The maximum absolute atomic E-state index is 15.6. The third-order valence-electron chi connectivity index (χ3n) is 6.70. The van der Waals surface area contributed by atoms with Gasteiger partial charge in [0.05, 0.1) is 24.0 Å². The molecule has 4 heterocycles. The van der Waals surface area contributed by atoms with Gasteiger partial charge < -0.3 is 25.2 Å². The van der Waals surface area contributed by atoms with Gasteiger partial charge in [0.2, 0.25) is 11.9 Å². The number of amides is 2. The molecule has 204 valence electrons. The minimum absolute atomic E-state index is 0.0654. The van der Waals surface area contributed by atoms with Crippen molar-refractivity contribution in [1.82, 2.24) is 25.2 Å². The van der Waals surface area contributed by atoms with Crippen molar-refractivity contribution >= 4 is 23.6 Å². The number of anilines is 2. The highest BCUT2D eigenvalue weighted by Crippen LogP contribution is 2.33. The van der Waals surface area contributed by atoms with E-state index in [1.807, 2.05) is 31.1 Å². The van der Waals surface area contributed by atoms with Gasteiger partial charge in [-0.15, -0.1) is 0 Å². The molecular weight excluding hydrogens is 508 g/mol. The fourth-order valence-electron chi connectivity index (χ4n) is 4.61. The van der Waals surface area contributed by atoms with Gasteiger partial charge in [-0.05, 0) is 36.6 Å². The number of nitrogens with one attached hydrogen (secondary N) is 2. The summed E-state index contributed by atoms with van der Waals surface area (Å²) in [5.74, 6) is -1.79. The summed E-state index contributed by atoms with van der Waals surface area (Å²) in [7, 11) is 3.74. The second-order valence-electron chi connectivity index (χ2n) is 9.70. The van der Waals surface area contributed by atoms with Crippen LogP contribution in [0.5, 0.6) is 0 Å². The van der Waals surface area contributed by atoms with E-state index < -0.39 is 23.4 Å². The fraction of sp³-hybridized carbons (Fsp3) is 0.370. The van der Waals surface area contributed by atoms with Crippen molar-refractivity contribution < 1.29 is 23.1 Å². The molecule has 2 aliphatic rings. The molecule has 39 heavy (non-hydrogen) atoms. The Kier molecular flexibility index (Phi) is 7.64. The normalized spacial score (nSPS) is 15.3. The lowest BCUT2D eigenvalue weighted by Gasteiger charge is -2.23. The quantitative estimate of drug-likeness (QED) is 0.451. The number of hydrogen-bond donors (Lipinski definition) is 2. The number of carbonyl (C=O) groups excluding carboxylic acids is 2. The number of halogens is 2. The van der Waals surface area contributed by atoms with Crippen LogP contribution in [0.1, 0.15) is 34.5 Å². The van der Waals surface area contributed by atoms with Gasteiger partial charge in [0.15, 0.2) is 5.82 Å². The second-order valence-corrected chi connectivity index (χ2v) is 9.70. The minimum atomic E-state index is -0.875. The van der Waals surface area contributed by atoms with E-state index in [1.54, 1.807) is 12.1 Å². The molecular formula is C27H29F2N7O3. The van der Waals surface area contributed by atoms with Crippen molar-refractivity contribution in [2.75, 3.05) is 44.1 Å². The van der Waals surface area contributed by atoms with E-state index in [9.17, 15) is 14.0 Å². The zero-order valence-corrected chi connectivity index (χ0v) is 21.7. The van der Waals surface area contributed by atoms with Crippen LogP contribution in [0.3, 0.4) is 0 Å². The van der Waals surface area contributed by atoms with Gasteiger partial charge in [0.1, 0.15) is 23.9 Å². The number of carbonyl (C=O) groups is 2. The largest absolute Gasteiger partial charge is 0.381 e. The Hall–Kier alpha value is -4.19. The summed E-state index contributed by atoms with van der Waals surface area (Å²) in [6.07, 6.45) is 2.48. The zero-order chi connectivity index (χ0) is 27.5. The van der Waals surface area contributed by atoms with Crippen LogP contribution in [0.4, 0.5) is 20.5 Å². The zero-order valence-electron chi connectivity index (χ0n) is 21.7. The first-order chi connectivity index (χ1) is 18.8. The van der Waals surface area contributed by atoms with Crippen LogP contribution < -0.4 is 15.5 Å². The standard InChI is InChI=1S/C27H29F2N7O3/c1-35(2)21-5-3-4-18(32-21)12-30-22(37)15-36-14-16-6-7-19(24(29)23(16)26(36)38)25-20(28)13-31-27(34-25)33-17-8-10-39-11-9-17/h3-7,13,17H,8-12,14-15H2,1-2H3,(H,30,37)(H,31,33,34). The summed E-state index contributed by atoms with van der Waals surface area (Å²) in [6, 6.07) is 8.51. The Labute approximate surface area is 224 Å². The molecule has 0 aliphatic carbocycles. The molecule has 2 amide bonds. The molecule has 0 saturated carbocycles. The van der Waals surface area contributed by atoms with Crippen LogP contribution in [-0.4, -0.2) is 71.6 Å².